The van der Waals surface area contributed by atoms with Crippen molar-refractivity contribution < 1.29 is 13.0 Å². The Bertz CT molecular complexity index is 568. The van der Waals surface area contributed by atoms with E-state index in [0.29, 0.717) is 6.04 Å². The standard InChI is InChI=1S/C19H32O3S.C3H9N/c1-2-3-4-5-6-7-8-9-10-11-14-18-15-12-13-16-19(18)17-23(20,21)22;1-3(2)4/h12-13,15-16H,2-11,14,17H2,1H3,(H,20,21,22);3H,4H2,1-2H3. The maximum Gasteiger partial charge on any atom is 0.269 e. The van der Waals surface area contributed by atoms with Crippen LogP contribution in [-0.2, 0) is 22.3 Å². The minimum absolute atomic E-state index is 0.277. The Morgan fingerprint density at radius 3 is 1.70 bits per heavy atom. The van der Waals surface area contributed by atoms with Crippen LogP contribution in [-0.4, -0.2) is 19.0 Å². The van der Waals surface area contributed by atoms with Crippen LogP contribution in [0.25, 0.3) is 0 Å². The first kappa shape index (κ1) is 26.1. The Hall–Kier alpha value is -0.910. The molecule has 0 saturated heterocycles. The second-order valence-electron chi connectivity index (χ2n) is 7.67. The summed E-state index contributed by atoms with van der Waals surface area (Å²) in [4.78, 5) is 0. The SMILES string of the molecule is CC(C)N.CCCCCCCCCCCCc1ccccc1CS(=O)(=O)O. The molecule has 5 heteroatoms. The lowest BCUT2D eigenvalue weighted by molar-refractivity contribution is 0.482. The lowest BCUT2D eigenvalue weighted by Gasteiger charge is -2.08. The molecule has 0 radical (unpaired) electrons. The molecule has 0 aliphatic heterocycles. The number of unbranched alkanes of at least 4 members (excludes halogenated alkanes) is 9. The van der Waals surface area contributed by atoms with Crippen LogP contribution in [0.15, 0.2) is 24.3 Å². The normalized spacial score (nSPS) is 11.3. The summed E-state index contributed by atoms with van der Waals surface area (Å²) in [6.45, 7) is 6.13. The summed E-state index contributed by atoms with van der Waals surface area (Å²) in [5, 5.41) is 0. The monoisotopic (exact) mass is 399 g/mol. The zero-order chi connectivity index (χ0) is 20.5. The van der Waals surface area contributed by atoms with Gasteiger partial charge >= 0.3 is 0 Å². The van der Waals surface area contributed by atoms with Crippen molar-refractivity contribution in [2.24, 2.45) is 5.73 Å². The molecule has 1 rings (SSSR count). The number of hydrogen-bond acceptors (Lipinski definition) is 3. The second-order valence-corrected chi connectivity index (χ2v) is 9.12. The highest BCUT2D eigenvalue weighted by Gasteiger charge is 2.10. The lowest BCUT2D eigenvalue weighted by Crippen LogP contribution is -2.06. The van der Waals surface area contributed by atoms with E-state index in [2.05, 4.69) is 6.92 Å². The van der Waals surface area contributed by atoms with Crippen molar-refractivity contribution >= 4 is 10.1 Å². The van der Waals surface area contributed by atoms with Crippen LogP contribution in [0.3, 0.4) is 0 Å². The molecule has 3 N–H and O–H groups in total. The topological polar surface area (TPSA) is 80.4 Å². The fraction of sp³-hybridized carbons (Fsp3) is 0.727. The first-order chi connectivity index (χ1) is 12.8. The first-order valence-corrected chi connectivity index (χ1v) is 12.1. The maximum absolute atomic E-state index is 11.1. The van der Waals surface area contributed by atoms with E-state index < -0.39 is 10.1 Å². The minimum atomic E-state index is -3.95. The van der Waals surface area contributed by atoms with Gasteiger partial charge in [0.15, 0.2) is 0 Å². The molecule has 0 bridgehead atoms. The average molecular weight is 400 g/mol. The van der Waals surface area contributed by atoms with Crippen molar-refractivity contribution in [2.45, 2.75) is 103 Å². The zero-order valence-electron chi connectivity index (χ0n) is 17.6. The molecule has 0 heterocycles. The van der Waals surface area contributed by atoms with Crippen LogP contribution in [0.4, 0.5) is 0 Å². The predicted octanol–water partition coefficient (Wildman–Crippen LogP) is 5.89. The summed E-state index contributed by atoms with van der Waals surface area (Å²) < 4.78 is 31.1. The first-order valence-electron chi connectivity index (χ1n) is 10.5. The number of benzene rings is 1. The number of rotatable bonds is 13. The van der Waals surface area contributed by atoms with Crippen molar-refractivity contribution in [3.8, 4) is 0 Å². The van der Waals surface area contributed by atoms with E-state index in [-0.39, 0.29) is 5.75 Å². The smallest absolute Gasteiger partial charge is 0.269 e. The summed E-state index contributed by atoms with van der Waals surface area (Å²) in [5.41, 5.74) is 6.88. The maximum atomic E-state index is 11.1. The molecule has 0 aliphatic carbocycles. The lowest BCUT2D eigenvalue weighted by atomic mass is 10.0. The van der Waals surface area contributed by atoms with Crippen LogP contribution in [0.2, 0.25) is 0 Å². The Morgan fingerprint density at radius 1 is 0.852 bits per heavy atom. The van der Waals surface area contributed by atoms with Crippen LogP contribution in [0, 0.1) is 0 Å². The molecule has 27 heavy (non-hydrogen) atoms. The van der Waals surface area contributed by atoms with Gasteiger partial charge in [0.1, 0.15) is 5.75 Å². The summed E-state index contributed by atoms with van der Waals surface area (Å²) >= 11 is 0. The Balaban J connectivity index is 0.00000153. The third-order valence-corrected chi connectivity index (χ3v) is 4.93. The Labute approximate surface area is 167 Å². The largest absolute Gasteiger partial charge is 0.328 e. The third-order valence-electron chi connectivity index (χ3n) is 4.26. The van der Waals surface area contributed by atoms with E-state index in [0.717, 1.165) is 24.0 Å². The fourth-order valence-electron chi connectivity index (χ4n) is 2.94. The van der Waals surface area contributed by atoms with Gasteiger partial charge in [0, 0.05) is 0 Å². The van der Waals surface area contributed by atoms with Crippen molar-refractivity contribution in [1.82, 2.24) is 0 Å². The molecule has 0 atom stereocenters. The number of hydrogen-bond donors (Lipinski definition) is 2. The summed E-state index contributed by atoms with van der Waals surface area (Å²) in [6, 6.07) is 7.84. The van der Waals surface area contributed by atoms with E-state index in [1.807, 2.05) is 32.0 Å². The van der Waals surface area contributed by atoms with Crippen LogP contribution in [0.1, 0.15) is 96.1 Å². The van der Waals surface area contributed by atoms with Gasteiger partial charge in [0.2, 0.25) is 0 Å². The van der Waals surface area contributed by atoms with Gasteiger partial charge in [-0.3, -0.25) is 4.55 Å². The van der Waals surface area contributed by atoms with Gasteiger partial charge < -0.3 is 5.73 Å². The van der Waals surface area contributed by atoms with Gasteiger partial charge in [-0.05, 0) is 30.0 Å². The van der Waals surface area contributed by atoms with Crippen molar-refractivity contribution in [3.05, 3.63) is 35.4 Å². The van der Waals surface area contributed by atoms with Gasteiger partial charge in [-0.2, -0.15) is 8.42 Å². The van der Waals surface area contributed by atoms with Gasteiger partial charge in [-0.25, -0.2) is 0 Å². The number of aryl methyl sites for hydroxylation is 1. The summed E-state index contributed by atoms with van der Waals surface area (Å²) in [5.74, 6) is -0.277. The van der Waals surface area contributed by atoms with Crippen molar-refractivity contribution in [3.63, 3.8) is 0 Å². The van der Waals surface area contributed by atoms with E-state index in [1.54, 1.807) is 6.07 Å². The number of nitrogens with two attached hydrogens (primary N) is 1. The minimum Gasteiger partial charge on any atom is -0.328 e. The second kappa shape index (κ2) is 16.1. The zero-order valence-corrected chi connectivity index (χ0v) is 18.4. The van der Waals surface area contributed by atoms with E-state index in [1.165, 1.54) is 57.8 Å². The predicted molar refractivity (Wildman–Crippen MR) is 117 cm³/mol. The third kappa shape index (κ3) is 18.2. The summed E-state index contributed by atoms with van der Waals surface area (Å²) in [6.07, 6.45) is 13.8. The van der Waals surface area contributed by atoms with Gasteiger partial charge in [-0.15, -0.1) is 0 Å². The van der Waals surface area contributed by atoms with Crippen molar-refractivity contribution in [1.29, 1.82) is 0 Å². The van der Waals surface area contributed by atoms with E-state index in [4.69, 9.17) is 10.3 Å². The molecule has 0 amide bonds. The highest BCUT2D eigenvalue weighted by molar-refractivity contribution is 7.85. The average Bonchev–Trinajstić information content (AvgIpc) is 2.56. The molecule has 1 aromatic rings. The van der Waals surface area contributed by atoms with Crippen LogP contribution in [0.5, 0.6) is 0 Å². The summed E-state index contributed by atoms with van der Waals surface area (Å²) in [7, 11) is -3.95. The molecule has 0 aromatic heterocycles. The highest BCUT2D eigenvalue weighted by Crippen LogP contribution is 2.16. The van der Waals surface area contributed by atoms with Gasteiger partial charge in [0.05, 0.1) is 0 Å². The molecular weight excluding hydrogens is 358 g/mol. The molecule has 0 saturated carbocycles. The van der Waals surface area contributed by atoms with Gasteiger partial charge in [0.25, 0.3) is 10.1 Å². The fourth-order valence-corrected chi connectivity index (χ4v) is 3.62. The van der Waals surface area contributed by atoms with Crippen LogP contribution < -0.4 is 5.73 Å². The molecule has 158 valence electrons. The molecule has 0 fully saturated rings. The van der Waals surface area contributed by atoms with E-state index >= 15 is 0 Å². The highest BCUT2D eigenvalue weighted by atomic mass is 32.2. The molecule has 4 nitrogen and oxygen atoms in total. The van der Waals surface area contributed by atoms with Crippen LogP contribution >= 0.6 is 0 Å². The molecule has 0 unspecified atom stereocenters. The molecule has 1 aromatic carbocycles. The Morgan fingerprint density at radius 2 is 1.26 bits per heavy atom. The van der Waals surface area contributed by atoms with Gasteiger partial charge in [-0.1, -0.05) is 103 Å². The van der Waals surface area contributed by atoms with E-state index in [9.17, 15) is 8.42 Å². The quantitative estimate of drug-likeness (QED) is 0.320. The Kier molecular flexibility index (Phi) is 15.5. The van der Waals surface area contributed by atoms with Crippen molar-refractivity contribution in [2.75, 3.05) is 0 Å². The molecule has 0 aliphatic rings. The molecule has 0 spiro atoms. The molecular formula is C22H41NO3S.